The zero-order valence-corrected chi connectivity index (χ0v) is 55.3. The fourth-order valence-electron chi connectivity index (χ4n) is 10.8. The predicted molar refractivity (Wildman–Crippen MR) is 348 cm³/mol. The monoisotopic (exact) mass is 1140 g/mol. The number of hydrogen-bond acceptors (Lipinski definition) is 6. The van der Waals surface area contributed by atoms with Crippen LogP contribution >= 0.6 is 17.2 Å². The molecular formula is C72H116O6P2. The third-order valence-corrected chi connectivity index (χ3v) is 18.0. The van der Waals surface area contributed by atoms with Crippen molar-refractivity contribution in [1.82, 2.24) is 0 Å². The lowest BCUT2D eigenvalue weighted by Gasteiger charge is -2.31. The van der Waals surface area contributed by atoms with Crippen molar-refractivity contribution in [1.29, 1.82) is 0 Å². The molecule has 0 fully saturated rings. The Hall–Kier alpha value is -3.14. The number of hydrogen-bond donors (Lipinski definition) is 0. The van der Waals surface area contributed by atoms with Gasteiger partial charge in [-0.1, -0.05) is 260 Å². The average Bonchev–Trinajstić information content (AvgIpc) is 3.42. The summed E-state index contributed by atoms with van der Waals surface area (Å²) in [5.41, 5.74) is 9.69. The van der Waals surface area contributed by atoms with Crippen molar-refractivity contribution in [2.24, 2.45) is 0 Å². The number of benzene rings is 4. The van der Waals surface area contributed by atoms with Crippen LogP contribution in [0.15, 0.2) is 72.8 Å². The maximum absolute atomic E-state index is 7.01. The topological polar surface area (TPSA) is 55.4 Å². The second-order valence-corrected chi connectivity index (χ2v) is 27.4. The summed E-state index contributed by atoms with van der Waals surface area (Å²) in [5.74, 6) is 3.42. The van der Waals surface area contributed by atoms with E-state index in [1.165, 1.54) is 175 Å². The molecule has 0 aliphatic carbocycles. The highest BCUT2D eigenvalue weighted by atomic mass is 31.2. The van der Waals surface area contributed by atoms with E-state index in [2.05, 4.69) is 163 Å². The van der Waals surface area contributed by atoms with Crippen LogP contribution in [-0.2, 0) is 32.7 Å². The maximum Gasteiger partial charge on any atom is 0.463 e. The molecule has 0 spiro atoms. The van der Waals surface area contributed by atoms with Gasteiger partial charge in [0.2, 0.25) is 0 Å². The molecule has 4 aromatic carbocycles. The molecule has 80 heavy (non-hydrogen) atoms. The third kappa shape index (κ3) is 26.6. The van der Waals surface area contributed by atoms with E-state index in [1.54, 1.807) is 0 Å². The lowest BCUT2D eigenvalue weighted by molar-refractivity contribution is 0.256. The van der Waals surface area contributed by atoms with Crippen LogP contribution in [0.25, 0.3) is 0 Å². The zero-order chi connectivity index (χ0) is 58.0. The fourth-order valence-corrected chi connectivity index (χ4v) is 12.8. The molecule has 6 nitrogen and oxygen atoms in total. The molecule has 0 heterocycles. The van der Waals surface area contributed by atoms with E-state index in [1.807, 2.05) is 0 Å². The van der Waals surface area contributed by atoms with E-state index in [4.69, 9.17) is 27.1 Å². The Bertz CT molecular complexity index is 2070. The minimum Gasteiger partial charge on any atom is -0.418 e. The molecule has 0 aromatic heterocycles. The van der Waals surface area contributed by atoms with E-state index in [9.17, 15) is 0 Å². The van der Waals surface area contributed by atoms with Crippen molar-refractivity contribution in [2.45, 2.75) is 299 Å². The lowest BCUT2D eigenvalue weighted by atomic mass is 9.76. The molecule has 2 unspecified atom stereocenters. The Balaban J connectivity index is 1.63. The van der Waals surface area contributed by atoms with Crippen LogP contribution in [0.1, 0.15) is 306 Å². The first-order valence-corrected chi connectivity index (χ1v) is 34.9. The Kier molecular flexibility index (Phi) is 34.2. The van der Waals surface area contributed by atoms with Gasteiger partial charge in [-0.05, 0) is 139 Å². The highest BCUT2D eigenvalue weighted by molar-refractivity contribution is 7.42. The molecule has 2 atom stereocenters. The number of unbranched alkanes of at least 4 members (excludes halogenated alkanes) is 22. The average molecular weight is 1140 g/mol. The summed E-state index contributed by atoms with van der Waals surface area (Å²) < 4.78 is 40.6. The van der Waals surface area contributed by atoms with Gasteiger partial charge in [0.1, 0.15) is 23.0 Å². The molecule has 450 valence electrons. The predicted octanol–water partition coefficient (Wildman–Crippen LogP) is 24.5. The normalized spacial score (nSPS) is 13.1. The van der Waals surface area contributed by atoms with Gasteiger partial charge in [0.05, 0.1) is 13.2 Å². The van der Waals surface area contributed by atoms with Gasteiger partial charge in [0, 0.05) is 17.0 Å². The van der Waals surface area contributed by atoms with Crippen LogP contribution in [0, 0.1) is 13.8 Å². The van der Waals surface area contributed by atoms with E-state index in [-0.39, 0.29) is 16.7 Å². The fraction of sp³-hybridized carbons (Fsp3) is 0.667. The van der Waals surface area contributed by atoms with Crippen molar-refractivity contribution in [2.75, 3.05) is 13.2 Å². The number of aryl methyl sites for hydroxylation is 4. The third-order valence-electron chi connectivity index (χ3n) is 15.8. The maximum atomic E-state index is 7.01. The SMILES string of the molecule is CCCCCCCCCc1ccc(OP(OCCCCCCCC)Oc2cc(C)c(C(CCC)c3cc(C(C)(C)C)c(OP(OCCCCCCCC)Oc4ccc(CCCCCCCCC)cc4)cc3C)cc2C(C)(C)C)cc1. The Morgan fingerprint density at radius 2 is 0.675 bits per heavy atom. The van der Waals surface area contributed by atoms with E-state index in [0.717, 1.165) is 85.5 Å². The molecule has 4 aromatic rings. The van der Waals surface area contributed by atoms with Crippen molar-refractivity contribution < 1.29 is 27.1 Å². The molecule has 0 saturated heterocycles. The van der Waals surface area contributed by atoms with Crippen LogP contribution in [0.2, 0.25) is 0 Å². The highest BCUT2D eigenvalue weighted by Gasteiger charge is 2.31. The van der Waals surface area contributed by atoms with Crippen LogP contribution in [-0.4, -0.2) is 13.2 Å². The number of rotatable bonds is 44. The lowest BCUT2D eigenvalue weighted by Crippen LogP contribution is -2.17. The Morgan fingerprint density at radius 3 is 0.988 bits per heavy atom. The van der Waals surface area contributed by atoms with Crippen LogP contribution in [0.3, 0.4) is 0 Å². The molecule has 4 rings (SSSR count). The molecule has 0 N–H and O–H groups in total. The zero-order valence-electron chi connectivity index (χ0n) is 53.5. The summed E-state index contributed by atoms with van der Waals surface area (Å²) in [5, 5.41) is 0. The minimum absolute atomic E-state index is 0.160. The highest BCUT2D eigenvalue weighted by Crippen LogP contribution is 2.50. The van der Waals surface area contributed by atoms with Crippen LogP contribution in [0.5, 0.6) is 23.0 Å². The van der Waals surface area contributed by atoms with Gasteiger partial charge in [-0.25, -0.2) is 0 Å². The van der Waals surface area contributed by atoms with Crippen molar-refractivity contribution in [3.8, 4) is 23.0 Å². The van der Waals surface area contributed by atoms with Gasteiger partial charge < -0.3 is 18.1 Å². The standard InChI is InChI=1S/C72H116O6P2/c1-14-19-23-27-31-33-37-42-60-44-48-62(49-45-60)75-79(73-52-39-35-29-25-21-16-3)77-69-54-58(6)65(56-67(69)71(8,9)10)64(41-18-5)66-57-68(72(11,12)13)70(55-59(66)7)78-80(74-53-40-36-30-26-22-17-4)76-63-50-46-61(47-51-63)43-38-34-32-28-24-20-15-2/h44-51,54-57,64H,14-43,52-53H2,1-13H3. The van der Waals surface area contributed by atoms with Crippen LogP contribution in [0.4, 0.5) is 0 Å². The van der Waals surface area contributed by atoms with Gasteiger partial charge in [0.15, 0.2) is 0 Å². The molecular weight excluding hydrogens is 1020 g/mol. The first kappa shape index (κ1) is 69.4. The van der Waals surface area contributed by atoms with Gasteiger partial charge >= 0.3 is 17.2 Å². The molecule has 0 radical (unpaired) electrons. The summed E-state index contributed by atoms with van der Waals surface area (Å²) in [4.78, 5) is 0. The Morgan fingerprint density at radius 1 is 0.362 bits per heavy atom. The first-order chi connectivity index (χ1) is 38.6. The molecule has 0 aliphatic heterocycles. The molecule has 0 bridgehead atoms. The van der Waals surface area contributed by atoms with Crippen molar-refractivity contribution in [3.05, 3.63) is 117 Å². The smallest absolute Gasteiger partial charge is 0.418 e. The summed E-state index contributed by atoms with van der Waals surface area (Å²) in [7, 11) is -3.44. The van der Waals surface area contributed by atoms with Gasteiger partial charge in [-0.3, -0.25) is 9.05 Å². The molecule has 0 aliphatic rings. The van der Waals surface area contributed by atoms with Crippen molar-refractivity contribution in [3.63, 3.8) is 0 Å². The summed E-state index contributed by atoms with van der Waals surface area (Å²) in [6.07, 6.45) is 37.0. The minimum atomic E-state index is -1.72. The molecule has 0 amide bonds. The van der Waals surface area contributed by atoms with Gasteiger partial charge in [0.25, 0.3) is 0 Å². The summed E-state index contributed by atoms with van der Waals surface area (Å²) in [6, 6.07) is 26.7. The summed E-state index contributed by atoms with van der Waals surface area (Å²) >= 11 is 0. The van der Waals surface area contributed by atoms with E-state index in [0.29, 0.717) is 13.2 Å². The first-order valence-electron chi connectivity index (χ1n) is 32.7. The van der Waals surface area contributed by atoms with Crippen LogP contribution < -0.4 is 18.1 Å². The second-order valence-electron chi connectivity index (χ2n) is 25.3. The molecule has 0 saturated carbocycles. The molecule has 8 heteroatoms. The van der Waals surface area contributed by atoms with Crippen molar-refractivity contribution >= 4 is 17.2 Å². The summed E-state index contributed by atoms with van der Waals surface area (Å²) in [6.45, 7) is 30.9. The second kappa shape index (κ2) is 39.4. The van der Waals surface area contributed by atoms with Gasteiger partial charge in [-0.15, -0.1) is 0 Å². The quantitative estimate of drug-likeness (QED) is 0.0325. The van der Waals surface area contributed by atoms with Gasteiger partial charge in [-0.2, -0.15) is 0 Å². The van der Waals surface area contributed by atoms with E-state index >= 15 is 0 Å². The largest absolute Gasteiger partial charge is 0.463 e. The van der Waals surface area contributed by atoms with E-state index < -0.39 is 17.2 Å². The Labute approximate surface area is 494 Å².